The van der Waals surface area contributed by atoms with E-state index in [1.165, 1.54) is 12.3 Å². The van der Waals surface area contributed by atoms with Crippen molar-refractivity contribution in [3.05, 3.63) is 114 Å². The largest absolute Gasteiger partial charge is 0.416 e. The Kier molecular flexibility index (Phi) is 6.74. The Morgan fingerprint density at radius 1 is 0.947 bits per heavy atom. The Balaban J connectivity index is 1.40. The topological polar surface area (TPSA) is 81.8 Å². The van der Waals surface area contributed by atoms with Gasteiger partial charge in [-0.3, -0.25) is 4.79 Å². The van der Waals surface area contributed by atoms with Crippen LogP contribution < -0.4 is 16.0 Å². The van der Waals surface area contributed by atoms with Gasteiger partial charge in [0.1, 0.15) is 5.65 Å². The summed E-state index contributed by atoms with van der Waals surface area (Å²) in [6.07, 6.45) is -1.16. The van der Waals surface area contributed by atoms with Crippen molar-refractivity contribution < 1.29 is 18.0 Å². The molecule has 0 spiro atoms. The molecule has 0 bridgehead atoms. The molecule has 0 radical (unpaired) electrons. The number of carbonyl (C=O) groups excluding carboxylic acids is 1. The molecule has 5 aromatic rings. The fraction of sp³-hybridized carbons (Fsp3) is 0.103. The number of nitrogens with zero attached hydrogens (tertiary/aromatic N) is 1. The molecule has 5 rings (SSSR count). The van der Waals surface area contributed by atoms with Crippen LogP contribution in [-0.2, 0) is 12.7 Å². The molecule has 0 saturated heterocycles. The summed E-state index contributed by atoms with van der Waals surface area (Å²) in [5.41, 5.74) is 4.12. The van der Waals surface area contributed by atoms with Crippen LogP contribution in [0, 0.1) is 6.92 Å². The maximum atomic E-state index is 13.4. The Bertz CT molecular complexity index is 1600. The number of pyridine rings is 1. The van der Waals surface area contributed by atoms with Crippen LogP contribution in [0.15, 0.2) is 91.3 Å². The van der Waals surface area contributed by atoms with Crippen molar-refractivity contribution in [1.82, 2.24) is 9.97 Å². The van der Waals surface area contributed by atoms with Crippen LogP contribution in [0.25, 0.3) is 11.0 Å². The summed E-state index contributed by atoms with van der Waals surface area (Å²) >= 11 is 0. The monoisotopic (exact) mass is 515 g/mol. The van der Waals surface area contributed by atoms with E-state index in [1.54, 1.807) is 30.5 Å². The molecule has 3 aromatic carbocycles. The highest BCUT2D eigenvalue weighted by atomic mass is 19.4. The molecule has 2 heterocycles. The van der Waals surface area contributed by atoms with Crippen molar-refractivity contribution >= 4 is 39.7 Å². The summed E-state index contributed by atoms with van der Waals surface area (Å²) in [5.74, 6) is -0.365. The number of aromatic amines is 1. The van der Waals surface area contributed by atoms with E-state index < -0.39 is 11.7 Å². The highest BCUT2D eigenvalue weighted by molar-refractivity contribution is 6.12. The molecule has 1 amide bonds. The van der Waals surface area contributed by atoms with Gasteiger partial charge in [-0.15, -0.1) is 0 Å². The van der Waals surface area contributed by atoms with Crippen molar-refractivity contribution in [2.45, 2.75) is 19.6 Å². The number of carbonyl (C=O) groups is 1. The summed E-state index contributed by atoms with van der Waals surface area (Å²) in [4.78, 5) is 20.9. The Morgan fingerprint density at radius 3 is 2.53 bits per heavy atom. The van der Waals surface area contributed by atoms with E-state index in [4.69, 9.17) is 0 Å². The first kappa shape index (κ1) is 24.9. The van der Waals surface area contributed by atoms with Gasteiger partial charge in [-0.1, -0.05) is 42.5 Å². The molecule has 0 atom stereocenters. The molecule has 9 heteroatoms. The molecule has 0 aliphatic carbocycles. The average Bonchev–Trinajstić information content (AvgIpc) is 3.39. The number of aryl methyl sites for hydroxylation is 1. The van der Waals surface area contributed by atoms with E-state index in [-0.39, 0.29) is 11.6 Å². The molecule has 38 heavy (non-hydrogen) atoms. The van der Waals surface area contributed by atoms with Gasteiger partial charge in [0.15, 0.2) is 0 Å². The van der Waals surface area contributed by atoms with Crippen LogP contribution in [0.2, 0.25) is 0 Å². The summed E-state index contributed by atoms with van der Waals surface area (Å²) in [5, 5.41) is 10.1. The minimum atomic E-state index is -4.44. The number of aromatic nitrogens is 2. The number of rotatable bonds is 7. The van der Waals surface area contributed by atoms with Gasteiger partial charge in [-0.05, 0) is 54.4 Å². The van der Waals surface area contributed by atoms with Crippen molar-refractivity contribution in [2.75, 3.05) is 16.0 Å². The zero-order valence-corrected chi connectivity index (χ0v) is 20.4. The molecule has 0 saturated carbocycles. The highest BCUT2D eigenvalue weighted by Gasteiger charge is 2.30. The Morgan fingerprint density at radius 2 is 1.74 bits per heavy atom. The van der Waals surface area contributed by atoms with Crippen molar-refractivity contribution in [3.8, 4) is 0 Å². The number of benzene rings is 3. The minimum Gasteiger partial charge on any atom is -0.380 e. The number of fused-ring (bicyclic) bond motifs is 1. The first-order valence-electron chi connectivity index (χ1n) is 11.9. The maximum absolute atomic E-state index is 13.4. The molecule has 2 aromatic heterocycles. The van der Waals surface area contributed by atoms with Crippen LogP contribution in [0.1, 0.15) is 27.0 Å². The second-order valence-electron chi connectivity index (χ2n) is 8.81. The predicted octanol–water partition coefficient (Wildman–Crippen LogP) is 7.50. The van der Waals surface area contributed by atoms with E-state index in [1.807, 2.05) is 43.3 Å². The zero-order valence-electron chi connectivity index (χ0n) is 20.4. The second kappa shape index (κ2) is 10.3. The van der Waals surface area contributed by atoms with Gasteiger partial charge in [0, 0.05) is 41.4 Å². The van der Waals surface area contributed by atoms with Crippen LogP contribution in [-0.4, -0.2) is 15.9 Å². The average molecular weight is 516 g/mol. The number of H-pyrrole nitrogens is 1. The Labute approximate surface area is 216 Å². The number of nitrogens with one attached hydrogen (secondary N) is 4. The molecule has 6 nitrogen and oxygen atoms in total. The lowest BCUT2D eigenvalue weighted by atomic mass is 10.1. The number of amides is 1. The van der Waals surface area contributed by atoms with Gasteiger partial charge in [0.25, 0.3) is 5.91 Å². The smallest absolute Gasteiger partial charge is 0.380 e. The molecular weight excluding hydrogens is 491 g/mol. The standard InChI is InChI=1S/C29H24F3N5O/c1-18-10-11-22(36-21-9-5-8-20(14-21)29(30,31)32)15-25(18)37-28(38)24-17-35-27-23(12-13-33-27)26(24)34-16-19-6-3-2-4-7-19/h2-15,17,36H,16H2,1H3,(H,37,38)(H2,33,34,35). The third kappa shape index (κ3) is 5.46. The van der Waals surface area contributed by atoms with E-state index >= 15 is 0 Å². The van der Waals surface area contributed by atoms with E-state index in [0.29, 0.717) is 34.8 Å². The zero-order chi connectivity index (χ0) is 26.7. The first-order chi connectivity index (χ1) is 18.3. The molecule has 0 unspecified atom stereocenters. The van der Waals surface area contributed by atoms with Gasteiger partial charge in [0.2, 0.25) is 0 Å². The first-order valence-corrected chi connectivity index (χ1v) is 11.9. The summed E-state index contributed by atoms with van der Waals surface area (Å²) < 4.78 is 39.3. The highest BCUT2D eigenvalue weighted by Crippen LogP contribution is 2.32. The number of hydrogen-bond donors (Lipinski definition) is 4. The predicted molar refractivity (Wildman–Crippen MR) is 144 cm³/mol. The molecule has 4 N–H and O–H groups in total. The minimum absolute atomic E-state index is 0.287. The Hall–Kier alpha value is -4.79. The molecule has 0 aliphatic heterocycles. The van der Waals surface area contributed by atoms with Crippen LogP contribution in [0.5, 0.6) is 0 Å². The lowest BCUT2D eigenvalue weighted by Crippen LogP contribution is -2.16. The van der Waals surface area contributed by atoms with Crippen molar-refractivity contribution in [3.63, 3.8) is 0 Å². The lowest BCUT2D eigenvalue weighted by Gasteiger charge is -2.16. The lowest BCUT2D eigenvalue weighted by molar-refractivity contribution is -0.137. The van der Waals surface area contributed by atoms with E-state index in [2.05, 4.69) is 25.9 Å². The third-order valence-electron chi connectivity index (χ3n) is 6.11. The van der Waals surface area contributed by atoms with Gasteiger partial charge in [0.05, 0.1) is 16.8 Å². The number of alkyl halides is 3. The summed E-state index contributed by atoms with van der Waals surface area (Å²) in [6.45, 7) is 2.35. The fourth-order valence-corrected chi connectivity index (χ4v) is 4.12. The van der Waals surface area contributed by atoms with Gasteiger partial charge in [-0.2, -0.15) is 13.2 Å². The van der Waals surface area contributed by atoms with E-state index in [9.17, 15) is 18.0 Å². The normalized spacial score (nSPS) is 11.4. The number of halogens is 3. The second-order valence-corrected chi connectivity index (χ2v) is 8.81. The molecule has 0 fully saturated rings. The van der Waals surface area contributed by atoms with Crippen molar-refractivity contribution in [2.24, 2.45) is 0 Å². The summed E-state index contributed by atoms with van der Waals surface area (Å²) in [7, 11) is 0. The SMILES string of the molecule is Cc1ccc(Nc2cccc(C(F)(F)F)c2)cc1NC(=O)c1cnc2[nH]ccc2c1NCc1ccccc1. The number of anilines is 4. The third-order valence-corrected chi connectivity index (χ3v) is 6.11. The number of hydrogen-bond acceptors (Lipinski definition) is 4. The molecule has 192 valence electrons. The fourth-order valence-electron chi connectivity index (χ4n) is 4.12. The van der Waals surface area contributed by atoms with Gasteiger partial charge < -0.3 is 20.9 Å². The molecule has 0 aliphatic rings. The van der Waals surface area contributed by atoms with Crippen LogP contribution in [0.3, 0.4) is 0 Å². The van der Waals surface area contributed by atoms with E-state index in [0.717, 1.165) is 28.6 Å². The van der Waals surface area contributed by atoms with Crippen molar-refractivity contribution in [1.29, 1.82) is 0 Å². The van der Waals surface area contributed by atoms with Crippen LogP contribution >= 0.6 is 0 Å². The van der Waals surface area contributed by atoms with Crippen LogP contribution in [0.4, 0.5) is 35.9 Å². The summed E-state index contributed by atoms with van der Waals surface area (Å²) in [6, 6.07) is 21.9. The maximum Gasteiger partial charge on any atom is 0.416 e. The van der Waals surface area contributed by atoms with Gasteiger partial charge >= 0.3 is 6.18 Å². The quantitative estimate of drug-likeness (QED) is 0.181. The molecular formula is C29H24F3N5O. The van der Waals surface area contributed by atoms with Gasteiger partial charge in [-0.25, -0.2) is 4.98 Å².